The van der Waals surface area contributed by atoms with Crippen LogP contribution in [0.2, 0.25) is 5.02 Å². The van der Waals surface area contributed by atoms with Crippen molar-refractivity contribution in [3.05, 3.63) is 99.6 Å². The molecular weight excluding hydrogens is 390 g/mol. The minimum absolute atomic E-state index is 0.224. The smallest absolute Gasteiger partial charge is 0.215 e. The summed E-state index contributed by atoms with van der Waals surface area (Å²) in [6, 6.07) is 24.6. The first-order valence-corrected chi connectivity index (χ1v) is 9.84. The molecule has 28 heavy (non-hydrogen) atoms. The molecule has 4 aromatic rings. The number of halogens is 1. The standard InChI is InChI=1S/C22H16ClN3OS/c23-18-10-8-17(9-11-18)21-15-28-22(26(21)19-4-2-1-3-5-19)25-24-14-16-6-12-20(27)13-7-16/h1-15,27H/b24-14+,25-22?. The predicted octanol–water partition coefficient (Wildman–Crippen LogP) is 5.50. The van der Waals surface area contributed by atoms with Crippen LogP contribution >= 0.6 is 22.9 Å². The highest BCUT2D eigenvalue weighted by atomic mass is 35.5. The first kappa shape index (κ1) is 18.2. The summed E-state index contributed by atoms with van der Waals surface area (Å²) in [7, 11) is 0. The molecule has 0 aliphatic carbocycles. The van der Waals surface area contributed by atoms with E-state index >= 15 is 0 Å². The van der Waals surface area contributed by atoms with Gasteiger partial charge < -0.3 is 5.11 Å². The van der Waals surface area contributed by atoms with Gasteiger partial charge in [-0.15, -0.1) is 16.4 Å². The highest BCUT2D eigenvalue weighted by molar-refractivity contribution is 7.07. The first-order chi connectivity index (χ1) is 13.7. The van der Waals surface area contributed by atoms with Gasteiger partial charge in [0.1, 0.15) is 5.75 Å². The quantitative estimate of drug-likeness (QED) is 0.353. The van der Waals surface area contributed by atoms with Gasteiger partial charge in [0.05, 0.1) is 11.9 Å². The van der Waals surface area contributed by atoms with Crippen LogP contribution in [-0.2, 0) is 0 Å². The van der Waals surface area contributed by atoms with Crippen molar-refractivity contribution in [1.29, 1.82) is 0 Å². The van der Waals surface area contributed by atoms with E-state index in [2.05, 4.69) is 20.1 Å². The molecule has 0 unspecified atom stereocenters. The highest BCUT2D eigenvalue weighted by Gasteiger charge is 2.10. The fourth-order valence-electron chi connectivity index (χ4n) is 2.73. The van der Waals surface area contributed by atoms with E-state index in [0.717, 1.165) is 27.3 Å². The van der Waals surface area contributed by atoms with Gasteiger partial charge in [-0.2, -0.15) is 5.10 Å². The SMILES string of the molecule is Oc1ccc(/C=N/N=c2scc(-c3ccc(Cl)cc3)n2-c2ccccc2)cc1. The molecule has 3 aromatic carbocycles. The van der Waals surface area contributed by atoms with Crippen LogP contribution in [-0.4, -0.2) is 15.9 Å². The van der Waals surface area contributed by atoms with Gasteiger partial charge in [0.25, 0.3) is 0 Å². The molecule has 1 heterocycles. The van der Waals surface area contributed by atoms with Crippen LogP contribution in [0.25, 0.3) is 16.9 Å². The molecule has 0 radical (unpaired) electrons. The number of rotatable bonds is 4. The number of thiazole rings is 1. The maximum absolute atomic E-state index is 9.37. The van der Waals surface area contributed by atoms with E-state index in [-0.39, 0.29) is 5.75 Å². The number of benzene rings is 3. The number of para-hydroxylation sites is 1. The Bertz CT molecular complexity index is 1160. The van der Waals surface area contributed by atoms with Gasteiger partial charge in [0, 0.05) is 16.1 Å². The largest absolute Gasteiger partial charge is 0.508 e. The second kappa shape index (κ2) is 8.25. The normalized spacial score (nSPS) is 12.0. The number of nitrogens with zero attached hydrogens (tertiary/aromatic N) is 3. The third-order valence-corrected chi connectivity index (χ3v) is 5.17. The number of hydrogen-bond acceptors (Lipinski definition) is 4. The summed E-state index contributed by atoms with van der Waals surface area (Å²) in [6.07, 6.45) is 1.66. The summed E-state index contributed by atoms with van der Waals surface area (Å²) in [6.45, 7) is 0. The number of phenols is 1. The molecule has 0 spiro atoms. The first-order valence-electron chi connectivity index (χ1n) is 8.59. The Labute approximate surface area is 171 Å². The van der Waals surface area contributed by atoms with Gasteiger partial charge >= 0.3 is 0 Å². The molecule has 0 aliphatic heterocycles. The molecule has 0 saturated carbocycles. The second-order valence-corrected chi connectivity index (χ2v) is 7.29. The van der Waals surface area contributed by atoms with Gasteiger partial charge in [-0.25, -0.2) is 0 Å². The van der Waals surface area contributed by atoms with E-state index in [1.165, 1.54) is 11.3 Å². The van der Waals surface area contributed by atoms with Crippen molar-refractivity contribution in [2.24, 2.45) is 10.2 Å². The number of phenolic OH excluding ortho intramolecular Hbond substituents is 1. The lowest BCUT2D eigenvalue weighted by Crippen LogP contribution is -2.13. The molecule has 0 aliphatic rings. The van der Waals surface area contributed by atoms with E-state index in [0.29, 0.717) is 5.02 Å². The van der Waals surface area contributed by atoms with Crippen molar-refractivity contribution < 1.29 is 5.11 Å². The molecule has 4 nitrogen and oxygen atoms in total. The van der Waals surface area contributed by atoms with Gasteiger partial charge in [0.15, 0.2) is 0 Å². The highest BCUT2D eigenvalue weighted by Crippen LogP contribution is 2.24. The van der Waals surface area contributed by atoms with E-state index < -0.39 is 0 Å². The number of hydrogen-bond donors (Lipinski definition) is 1. The molecule has 0 saturated heterocycles. The number of aromatic hydroxyl groups is 1. The minimum atomic E-state index is 0.224. The Balaban J connectivity index is 1.79. The molecule has 1 aromatic heterocycles. The van der Waals surface area contributed by atoms with Gasteiger partial charge in [-0.05, 0) is 59.7 Å². The van der Waals surface area contributed by atoms with Crippen molar-refractivity contribution in [3.8, 4) is 22.7 Å². The maximum Gasteiger partial charge on any atom is 0.215 e. The molecule has 0 atom stereocenters. The Morgan fingerprint density at radius 1 is 0.893 bits per heavy atom. The summed E-state index contributed by atoms with van der Waals surface area (Å²) in [5, 5.41) is 20.8. The Kier molecular flexibility index (Phi) is 5.37. The van der Waals surface area contributed by atoms with Crippen LogP contribution in [0.1, 0.15) is 5.56 Å². The molecule has 0 bridgehead atoms. The van der Waals surface area contributed by atoms with Crippen LogP contribution < -0.4 is 4.80 Å². The van der Waals surface area contributed by atoms with Crippen molar-refractivity contribution >= 4 is 29.2 Å². The summed E-state index contributed by atoms with van der Waals surface area (Å²) in [5.74, 6) is 0.224. The topological polar surface area (TPSA) is 49.9 Å². The zero-order chi connectivity index (χ0) is 19.3. The summed E-state index contributed by atoms with van der Waals surface area (Å²) in [4.78, 5) is 0.756. The average Bonchev–Trinajstić information content (AvgIpc) is 3.14. The van der Waals surface area contributed by atoms with Crippen LogP contribution in [0.4, 0.5) is 0 Å². The monoisotopic (exact) mass is 405 g/mol. The molecule has 6 heteroatoms. The van der Waals surface area contributed by atoms with Crippen molar-refractivity contribution in [1.82, 2.24) is 4.57 Å². The lowest BCUT2D eigenvalue weighted by molar-refractivity contribution is 0.475. The molecule has 1 N–H and O–H groups in total. The second-order valence-electron chi connectivity index (χ2n) is 6.02. The Morgan fingerprint density at radius 2 is 1.61 bits per heavy atom. The molecule has 4 rings (SSSR count). The number of aromatic nitrogens is 1. The minimum Gasteiger partial charge on any atom is -0.508 e. The van der Waals surface area contributed by atoms with Crippen LogP contribution in [0, 0.1) is 0 Å². The third-order valence-electron chi connectivity index (χ3n) is 4.11. The van der Waals surface area contributed by atoms with E-state index in [4.69, 9.17) is 11.6 Å². The lowest BCUT2D eigenvalue weighted by atomic mass is 10.1. The van der Waals surface area contributed by atoms with Crippen LogP contribution in [0.15, 0.2) is 94.4 Å². The molecule has 0 amide bonds. The summed E-state index contributed by atoms with van der Waals surface area (Å²) < 4.78 is 2.07. The molecule has 0 fully saturated rings. The van der Waals surface area contributed by atoms with Gasteiger partial charge in [-0.1, -0.05) is 41.9 Å². The third kappa shape index (κ3) is 4.06. The van der Waals surface area contributed by atoms with Gasteiger partial charge in [-0.3, -0.25) is 4.57 Å². The summed E-state index contributed by atoms with van der Waals surface area (Å²) >= 11 is 7.56. The van der Waals surface area contributed by atoms with Crippen molar-refractivity contribution in [2.75, 3.05) is 0 Å². The van der Waals surface area contributed by atoms with Crippen molar-refractivity contribution in [2.45, 2.75) is 0 Å². The van der Waals surface area contributed by atoms with E-state index in [9.17, 15) is 5.11 Å². The van der Waals surface area contributed by atoms with Crippen molar-refractivity contribution in [3.63, 3.8) is 0 Å². The fraction of sp³-hybridized carbons (Fsp3) is 0. The average molecular weight is 406 g/mol. The van der Waals surface area contributed by atoms with Crippen LogP contribution in [0.3, 0.4) is 0 Å². The molecular formula is C22H16ClN3OS. The summed E-state index contributed by atoms with van der Waals surface area (Å²) in [5.41, 5.74) is 3.94. The van der Waals surface area contributed by atoms with Gasteiger partial charge in [0.2, 0.25) is 4.80 Å². The zero-order valence-corrected chi connectivity index (χ0v) is 16.3. The Morgan fingerprint density at radius 3 is 2.32 bits per heavy atom. The fourth-order valence-corrected chi connectivity index (χ4v) is 3.72. The molecule has 138 valence electrons. The predicted molar refractivity (Wildman–Crippen MR) is 115 cm³/mol. The Hall–Kier alpha value is -3.15. The van der Waals surface area contributed by atoms with E-state index in [1.807, 2.05) is 54.6 Å². The van der Waals surface area contributed by atoms with Crippen LogP contribution in [0.5, 0.6) is 5.75 Å². The zero-order valence-electron chi connectivity index (χ0n) is 14.7. The maximum atomic E-state index is 9.37. The lowest BCUT2D eigenvalue weighted by Gasteiger charge is -2.09. The van der Waals surface area contributed by atoms with E-state index in [1.54, 1.807) is 30.5 Å².